The number of methoxy groups -OCH3 is 2. The van der Waals surface area contributed by atoms with E-state index in [1.54, 1.807) is 26.4 Å². The van der Waals surface area contributed by atoms with Crippen LogP contribution in [0.1, 0.15) is 63.1 Å². The molecule has 28 heavy (non-hydrogen) atoms. The van der Waals surface area contributed by atoms with Gasteiger partial charge in [0.25, 0.3) is 0 Å². The van der Waals surface area contributed by atoms with Gasteiger partial charge in [0.05, 0.1) is 25.9 Å². The lowest BCUT2D eigenvalue weighted by Gasteiger charge is -2.44. The SMILES string of the molecule is CCCCCCC1c2cc(OC)c(OC)cc2CC(C)N1c1ccccc1F. The summed E-state index contributed by atoms with van der Waals surface area (Å²) in [5.41, 5.74) is 3.20. The standard InChI is InChI=1S/C24H32FNO2/c1-5-6-7-8-12-21-19-16-24(28-4)23(27-3)15-18(19)14-17(2)26(21)22-13-10-9-11-20(22)25/h9-11,13,15-17,21H,5-8,12,14H2,1-4H3. The third-order valence-corrected chi connectivity index (χ3v) is 5.79. The van der Waals surface area contributed by atoms with Crippen LogP contribution in [-0.2, 0) is 6.42 Å². The molecule has 0 aromatic heterocycles. The lowest BCUT2D eigenvalue weighted by atomic mass is 9.85. The molecule has 0 radical (unpaired) electrons. The number of hydrogen-bond donors (Lipinski definition) is 0. The highest BCUT2D eigenvalue weighted by molar-refractivity contribution is 5.57. The van der Waals surface area contributed by atoms with E-state index in [0.717, 1.165) is 30.8 Å². The van der Waals surface area contributed by atoms with Gasteiger partial charge >= 0.3 is 0 Å². The number of benzene rings is 2. The average molecular weight is 386 g/mol. The number of hydrogen-bond acceptors (Lipinski definition) is 3. The maximum absolute atomic E-state index is 14.7. The monoisotopic (exact) mass is 385 g/mol. The second-order valence-corrected chi connectivity index (χ2v) is 7.68. The topological polar surface area (TPSA) is 21.7 Å². The Kier molecular flexibility index (Phi) is 6.82. The Morgan fingerprint density at radius 3 is 2.43 bits per heavy atom. The fourth-order valence-corrected chi connectivity index (χ4v) is 4.42. The third-order valence-electron chi connectivity index (χ3n) is 5.79. The minimum atomic E-state index is -0.156. The van der Waals surface area contributed by atoms with E-state index in [2.05, 4.69) is 30.9 Å². The number of rotatable bonds is 8. The molecule has 0 fully saturated rings. The summed E-state index contributed by atoms with van der Waals surface area (Å²) in [4.78, 5) is 2.27. The molecule has 3 rings (SSSR count). The molecular weight excluding hydrogens is 353 g/mol. The van der Waals surface area contributed by atoms with Gasteiger partial charge < -0.3 is 14.4 Å². The zero-order valence-electron chi connectivity index (χ0n) is 17.5. The molecule has 3 nitrogen and oxygen atoms in total. The second-order valence-electron chi connectivity index (χ2n) is 7.68. The van der Waals surface area contributed by atoms with Crippen LogP contribution < -0.4 is 14.4 Å². The summed E-state index contributed by atoms with van der Waals surface area (Å²) < 4.78 is 25.8. The summed E-state index contributed by atoms with van der Waals surface area (Å²) in [6, 6.07) is 11.7. The predicted molar refractivity (Wildman–Crippen MR) is 113 cm³/mol. The van der Waals surface area contributed by atoms with Crippen LogP contribution in [0.4, 0.5) is 10.1 Å². The Balaban J connectivity index is 2.04. The molecule has 0 bridgehead atoms. The zero-order valence-corrected chi connectivity index (χ0v) is 17.5. The van der Waals surface area contributed by atoms with E-state index in [4.69, 9.17) is 9.47 Å². The van der Waals surface area contributed by atoms with Gasteiger partial charge in [-0.3, -0.25) is 0 Å². The molecule has 2 aromatic rings. The van der Waals surface area contributed by atoms with Crippen LogP contribution in [0.3, 0.4) is 0 Å². The number of nitrogens with zero attached hydrogens (tertiary/aromatic N) is 1. The Morgan fingerprint density at radius 2 is 1.75 bits per heavy atom. The molecule has 2 atom stereocenters. The number of unbranched alkanes of at least 4 members (excludes halogenated alkanes) is 3. The fraction of sp³-hybridized carbons (Fsp3) is 0.500. The number of halogens is 1. The van der Waals surface area contributed by atoms with Crippen LogP contribution in [0.25, 0.3) is 0 Å². The summed E-state index contributed by atoms with van der Waals surface area (Å²) >= 11 is 0. The predicted octanol–water partition coefficient (Wildman–Crippen LogP) is 6.31. The van der Waals surface area contributed by atoms with E-state index in [1.165, 1.54) is 30.4 Å². The molecule has 0 saturated carbocycles. The molecule has 0 N–H and O–H groups in total. The number of anilines is 1. The minimum Gasteiger partial charge on any atom is -0.493 e. The maximum atomic E-state index is 14.7. The molecule has 1 aliphatic heterocycles. The highest BCUT2D eigenvalue weighted by Gasteiger charge is 2.34. The lowest BCUT2D eigenvalue weighted by molar-refractivity contribution is 0.351. The summed E-state index contributed by atoms with van der Waals surface area (Å²) in [5, 5.41) is 0. The van der Waals surface area contributed by atoms with Crippen LogP contribution in [0.2, 0.25) is 0 Å². The highest BCUT2D eigenvalue weighted by atomic mass is 19.1. The van der Waals surface area contributed by atoms with Gasteiger partial charge in [-0.05, 0) is 55.2 Å². The first kappa shape index (κ1) is 20.5. The van der Waals surface area contributed by atoms with Crippen LogP contribution in [-0.4, -0.2) is 20.3 Å². The van der Waals surface area contributed by atoms with Crippen molar-refractivity contribution in [2.75, 3.05) is 19.1 Å². The third kappa shape index (κ3) is 4.11. The number of ether oxygens (including phenoxy) is 2. The van der Waals surface area contributed by atoms with Crippen LogP contribution in [0.5, 0.6) is 11.5 Å². The summed E-state index contributed by atoms with van der Waals surface area (Å²) in [5.74, 6) is 1.34. The van der Waals surface area contributed by atoms with Gasteiger partial charge in [-0.25, -0.2) is 4.39 Å². The van der Waals surface area contributed by atoms with E-state index >= 15 is 0 Å². The van der Waals surface area contributed by atoms with Gasteiger partial charge in [-0.15, -0.1) is 0 Å². The molecule has 2 aromatic carbocycles. The maximum Gasteiger partial charge on any atom is 0.161 e. The van der Waals surface area contributed by atoms with E-state index in [9.17, 15) is 4.39 Å². The van der Waals surface area contributed by atoms with Crippen molar-refractivity contribution < 1.29 is 13.9 Å². The first-order valence-corrected chi connectivity index (χ1v) is 10.4. The first-order chi connectivity index (χ1) is 13.6. The van der Waals surface area contributed by atoms with Crippen molar-refractivity contribution in [2.24, 2.45) is 0 Å². The average Bonchev–Trinajstić information content (AvgIpc) is 2.70. The quantitative estimate of drug-likeness (QED) is 0.497. The van der Waals surface area contributed by atoms with Crippen molar-refractivity contribution in [1.82, 2.24) is 0 Å². The van der Waals surface area contributed by atoms with Gasteiger partial charge in [0, 0.05) is 6.04 Å². The largest absolute Gasteiger partial charge is 0.493 e. The Hall–Kier alpha value is -2.23. The van der Waals surface area contributed by atoms with Crippen LogP contribution in [0, 0.1) is 5.82 Å². The second kappa shape index (κ2) is 9.31. The molecule has 0 aliphatic carbocycles. The van der Waals surface area contributed by atoms with E-state index in [-0.39, 0.29) is 17.9 Å². The van der Waals surface area contributed by atoms with Crippen molar-refractivity contribution in [1.29, 1.82) is 0 Å². The molecule has 0 spiro atoms. The van der Waals surface area contributed by atoms with Crippen molar-refractivity contribution in [3.8, 4) is 11.5 Å². The normalized spacial score (nSPS) is 18.7. The van der Waals surface area contributed by atoms with Gasteiger partial charge in [0.15, 0.2) is 11.5 Å². The van der Waals surface area contributed by atoms with Crippen molar-refractivity contribution in [3.63, 3.8) is 0 Å². The van der Waals surface area contributed by atoms with Gasteiger partial charge in [-0.1, -0.05) is 44.7 Å². The zero-order chi connectivity index (χ0) is 20.1. The fourth-order valence-electron chi connectivity index (χ4n) is 4.42. The van der Waals surface area contributed by atoms with Gasteiger partial charge in [0.1, 0.15) is 5.82 Å². The van der Waals surface area contributed by atoms with Crippen LogP contribution >= 0.6 is 0 Å². The van der Waals surface area contributed by atoms with E-state index in [0.29, 0.717) is 5.69 Å². The van der Waals surface area contributed by atoms with E-state index in [1.807, 2.05) is 12.1 Å². The summed E-state index contributed by atoms with van der Waals surface area (Å²) in [7, 11) is 3.34. The Bertz CT molecular complexity index is 792. The Labute approximate surface area is 168 Å². The molecule has 2 unspecified atom stereocenters. The van der Waals surface area contributed by atoms with Crippen molar-refractivity contribution in [2.45, 2.75) is 64.5 Å². The molecular formula is C24H32FNO2. The molecule has 1 heterocycles. The minimum absolute atomic E-state index is 0.132. The van der Waals surface area contributed by atoms with E-state index < -0.39 is 0 Å². The number of para-hydroxylation sites is 1. The number of fused-ring (bicyclic) bond motifs is 1. The Morgan fingerprint density at radius 1 is 1.04 bits per heavy atom. The van der Waals surface area contributed by atoms with Gasteiger partial charge in [0.2, 0.25) is 0 Å². The molecule has 1 aliphatic rings. The molecule has 4 heteroatoms. The van der Waals surface area contributed by atoms with Gasteiger partial charge in [-0.2, -0.15) is 0 Å². The van der Waals surface area contributed by atoms with Crippen LogP contribution in [0.15, 0.2) is 36.4 Å². The molecule has 0 amide bonds. The summed E-state index contributed by atoms with van der Waals surface area (Å²) in [6.45, 7) is 4.41. The molecule has 152 valence electrons. The summed E-state index contributed by atoms with van der Waals surface area (Å²) in [6.07, 6.45) is 6.64. The lowest BCUT2D eigenvalue weighted by Crippen LogP contribution is -2.43. The van der Waals surface area contributed by atoms with Crippen molar-refractivity contribution in [3.05, 3.63) is 53.3 Å². The smallest absolute Gasteiger partial charge is 0.161 e. The molecule has 0 saturated heterocycles. The van der Waals surface area contributed by atoms with Crippen molar-refractivity contribution >= 4 is 5.69 Å². The first-order valence-electron chi connectivity index (χ1n) is 10.4. The highest BCUT2D eigenvalue weighted by Crippen LogP contribution is 2.44.